The Bertz CT molecular complexity index is 619. The van der Waals surface area contributed by atoms with Crippen LogP contribution in [0.15, 0.2) is 30.9 Å². The maximum atomic E-state index is 12.2. The van der Waals surface area contributed by atoms with E-state index in [1.807, 2.05) is 39.0 Å². The Morgan fingerprint density at radius 1 is 1.36 bits per heavy atom. The van der Waals surface area contributed by atoms with Gasteiger partial charge >= 0.3 is 7.12 Å². The molecule has 3 N–H and O–H groups in total. The molecule has 0 radical (unpaired) electrons. The Labute approximate surface area is 149 Å². The molecule has 0 bridgehead atoms. The summed E-state index contributed by atoms with van der Waals surface area (Å²) < 4.78 is 0. The predicted molar refractivity (Wildman–Crippen MR) is 98.8 cm³/mol. The molecular weight excluding hydrogens is 319 g/mol. The summed E-state index contributed by atoms with van der Waals surface area (Å²) in [6, 6.07) is 5.86. The number of rotatable bonds is 9. The molecule has 0 saturated heterocycles. The van der Waals surface area contributed by atoms with Gasteiger partial charge in [-0.15, -0.1) is 0 Å². The van der Waals surface area contributed by atoms with Gasteiger partial charge in [0.15, 0.2) is 0 Å². The molecule has 0 aromatic heterocycles. The molecule has 2 amide bonds. The van der Waals surface area contributed by atoms with Crippen molar-refractivity contribution < 1.29 is 19.6 Å². The lowest BCUT2D eigenvalue weighted by Gasteiger charge is -2.23. The van der Waals surface area contributed by atoms with Crippen molar-refractivity contribution >= 4 is 18.9 Å². The highest BCUT2D eigenvalue weighted by atomic mass is 16.4. The number of aryl methyl sites for hydroxylation is 2. The second-order valence-electron chi connectivity index (χ2n) is 6.19. The first-order valence-corrected chi connectivity index (χ1v) is 8.41. The van der Waals surface area contributed by atoms with Crippen LogP contribution in [-0.4, -0.2) is 52.9 Å². The number of benzene rings is 1. The minimum absolute atomic E-state index is 0.144. The fourth-order valence-corrected chi connectivity index (χ4v) is 2.63. The average molecular weight is 346 g/mol. The van der Waals surface area contributed by atoms with Crippen LogP contribution >= 0.6 is 0 Å². The lowest BCUT2D eigenvalue weighted by atomic mass is 9.75. The number of hydrogen-bond donors (Lipinski definition) is 3. The van der Waals surface area contributed by atoms with Crippen molar-refractivity contribution in [2.24, 2.45) is 0 Å². The first-order chi connectivity index (χ1) is 11.8. The van der Waals surface area contributed by atoms with Crippen molar-refractivity contribution in [1.82, 2.24) is 10.2 Å². The van der Waals surface area contributed by atoms with Crippen molar-refractivity contribution in [2.45, 2.75) is 39.6 Å². The van der Waals surface area contributed by atoms with Crippen molar-refractivity contribution in [3.05, 3.63) is 47.5 Å². The van der Waals surface area contributed by atoms with Gasteiger partial charge in [-0.3, -0.25) is 9.59 Å². The van der Waals surface area contributed by atoms with E-state index in [0.717, 1.165) is 22.8 Å². The summed E-state index contributed by atoms with van der Waals surface area (Å²) in [6.45, 7) is 9.55. The standard InChI is InChI=1S/C18H27BN2O4/c1-5-9-21(18(23)6-2)12-17(22)20-16(19(24)25)11-15-8-7-13(3)10-14(15)4/h6-8,10,16,24-25H,2,5,9,11-12H2,1,3-4H3,(H,20,22). The van der Waals surface area contributed by atoms with E-state index in [1.165, 1.54) is 4.90 Å². The van der Waals surface area contributed by atoms with Crippen LogP contribution in [0.1, 0.15) is 30.0 Å². The number of carbonyl (C=O) groups excluding carboxylic acids is 2. The largest absolute Gasteiger partial charge is 0.475 e. The Kier molecular flexibility index (Phi) is 8.38. The van der Waals surface area contributed by atoms with Gasteiger partial charge in [0.25, 0.3) is 0 Å². The van der Waals surface area contributed by atoms with E-state index in [1.54, 1.807) is 0 Å². The van der Waals surface area contributed by atoms with Crippen LogP contribution in [0.25, 0.3) is 0 Å². The average Bonchev–Trinajstić information content (AvgIpc) is 2.55. The lowest BCUT2D eigenvalue weighted by Crippen LogP contribution is -2.51. The zero-order valence-corrected chi connectivity index (χ0v) is 15.2. The minimum Gasteiger partial charge on any atom is -0.426 e. The summed E-state index contributed by atoms with van der Waals surface area (Å²) in [6.07, 6.45) is 2.16. The highest BCUT2D eigenvalue weighted by molar-refractivity contribution is 6.43. The fourth-order valence-electron chi connectivity index (χ4n) is 2.63. The Morgan fingerprint density at radius 3 is 2.56 bits per heavy atom. The van der Waals surface area contributed by atoms with Crippen LogP contribution in [0, 0.1) is 13.8 Å². The summed E-state index contributed by atoms with van der Waals surface area (Å²) in [4.78, 5) is 25.4. The van der Waals surface area contributed by atoms with Gasteiger partial charge in [-0.05, 0) is 43.9 Å². The van der Waals surface area contributed by atoms with Gasteiger partial charge in [0, 0.05) is 6.54 Å². The van der Waals surface area contributed by atoms with Gasteiger partial charge in [0.1, 0.15) is 0 Å². The van der Waals surface area contributed by atoms with Crippen LogP contribution in [-0.2, 0) is 16.0 Å². The van der Waals surface area contributed by atoms with E-state index in [4.69, 9.17) is 0 Å². The number of carbonyl (C=O) groups is 2. The molecule has 0 fully saturated rings. The summed E-state index contributed by atoms with van der Waals surface area (Å²) in [5.41, 5.74) is 3.07. The van der Waals surface area contributed by atoms with E-state index in [0.29, 0.717) is 19.4 Å². The summed E-state index contributed by atoms with van der Waals surface area (Å²) in [7, 11) is -1.70. The van der Waals surface area contributed by atoms with Gasteiger partial charge in [-0.2, -0.15) is 0 Å². The molecule has 1 aromatic carbocycles. The summed E-state index contributed by atoms with van der Waals surface area (Å²) >= 11 is 0. The highest BCUT2D eigenvalue weighted by Crippen LogP contribution is 2.13. The smallest absolute Gasteiger partial charge is 0.426 e. The number of amides is 2. The van der Waals surface area contributed by atoms with Crippen LogP contribution in [0.3, 0.4) is 0 Å². The van der Waals surface area contributed by atoms with Crippen molar-refractivity contribution in [3.8, 4) is 0 Å². The third kappa shape index (κ3) is 6.72. The first-order valence-electron chi connectivity index (χ1n) is 8.41. The van der Waals surface area contributed by atoms with E-state index in [9.17, 15) is 19.6 Å². The quantitative estimate of drug-likeness (QED) is 0.455. The number of nitrogens with one attached hydrogen (secondary N) is 1. The van der Waals surface area contributed by atoms with E-state index < -0.39 is 19.0 Å². The first kappa shape index (κ1) is 20.9. The SMILES string of the molecule is C=CC(=O)N(CCC)CC(=O)NC(Cc1ccc(C)cc1C)B(O)O. The second kappa shape index (κ2) is 10.0. The van der Waals surface area contributed by atoms with E-state index >= 15 is 0 Å². The molecule has 0 spiro atoms. The third-order valence-electron chi connectivity index (χ3n) is 3.96. The molecule has 25 heavy (non-hydrogen) atoms. The normalized spacial score (nSPS) is 11.6. The molecule has 1 aromatic rings. The van der Waals surface area contributed by atoms with Gasteiger partial charge in [0.2, 0.25) is 11.8 Å². The van der Waals surface area contributed by atoms with Crippen LogP contribution < -0.4 is 5.32 Å². The predicted octanol–water partition coefficient (Wildman–Crippen LogP) is 0.767. The minimum atomic E-state index is -1.70. The number of nitrogens with zero attached hydrogens (tertiary/aromatic N) is 1. The molecule has 7 heteroatoms. The molecule has 1 rings (SSSR count). The van der Waals surface area contributed by atoms with Gasteiger partial charge in [-0.1, -0.05) is 37.3 Å². The van der Waals surface area contributed by atoms with Crippen molar-refractivity contribution in [1.29, 1.82) is 0 Å². The molecule has 0 saturated carbocycles. The monoisotopic (exact) mass is 346 g/mol. The third-order valence-corrected chi connectivity index (χ3v) is 3.96. The number of hydrogen-bond acceptors (Lipinski definition) is 4. The maximum absolute atomic E-state index is 12.2. The van der Waals surface area contributed by atoms with Gasteiger partial charge in [0.05, 0.1) is 12.5 Å². The molecule has 6 nitrogen and oxygen atoms in total. The van der Waals surface area contributed by atoms with Crippen molar-refractivity contribution in [3.63, 3.8) is 0 Å². The molecule has 0 aliphatic carbocycles. The highest BCUT2D eigenvalue weighted by Gasteiger charge is 2.27. The molecule has 1 atom stereocenters. The van der Waals surface area contributed by atoms with E-state index in [2.05, 4.69) is 11.9 Å². The maximum Gasteiger partial charge on any atom is 0.475 e. The Morgan fingerprint density at radius 2 is 2.04 bits per heavy atom. The van der Waals surface area contributed by atoms with E-state index in [-0.39, 0.29) is 12.5 Å². The van der Waals surface area contributed by atoms with Crippen molar-refractivity contribution in [2.75, 3.05) is 13.1 Å². The van der Waals surface area contributed by atoms with Crippen LogP contribution in [0.5, 0.6) is 0 Å². The van der Waals surface area contributed by atoms with Gasteiger partial charge < -0.3 is 20.3 Å². The van der Waals surface area contributed by atoms with Crippen LogP contribution in [0.4, 0.5) is 0 Å². The lowest BCUT2D eigenvalue weighted by molar-refractivity contribution is -0.132. The fraction of sp³-hybridized carbons (Fsp3) is 0.444. The topological polar surface area (TPSA) is 89.9 Å². The van der Waals surface area contributed by atoms with Crippen LogP contribution in [0.2, 0.25) is 0 Å². The molecule has 0 heterocycles. The second-order valence-corrected chi connectivity index (χ2v) is 6.19. The molecule has 0 aliphatic rings. The molecule has 1 unspecified atom stereocenters. The molecule has 136 valence electrons. The Hall–Kier alpha value is -2.12. The zero-order valence-electron chi connectivity index (χ0n) is 15.2. The molecule has 0 aliphatic heterocycles. The summed E-state index contributed by atoms with van der Waals surface area (Å²) in [5, 5.41) is 21.8. The summed E-state index contributed by atoms with van der Waals surface area (Å²) in [5.74, 6) is -1.62. The zero-order chi connectivity index (χ0) is 19.0. The Balaban J connectivity index is 2.78. The molecular formula is C18H27BN2O4. The van der Waals surface area contributed by atoms with Gasteiger partial charge in [-0.25, -0.2) is 0 Å².